The molecule has 0 saturated carbocycles. The molecule has 0 aliphatic carbocycles. The first-order valence-corrected chi connectivity index (χ1v) is 17.2. The van der Waals surface area contributed by atoms with Crippen LogP contribution in [0, 0.1) is 0 Å². The molecule has 0 bridgehead atoms. The fourth-order valence-electron chi connectivity index (χ4n) is 4.58. The zero-order valence-electron chi connectivity index (χ0n) is 27.8. The molecule has 2 rings (SSSR count). The Morgan fingerprint density at radius 2 is 1.39 bits per heavy atom. The van der Waals surface area contributed by atoms with Crippen LogP contribution in [0.4, 0.5) is 0 Å². The molecular formula is C31H45N8O11S+. The van der Waals surface area contributed by atoms with Crippen LogP contribution in [0.15, 0.2) is 36.8 Å². The lowest BCUT2D eigenvalue weighted by molar-refractivity contribution is -0.376. The average molecular weight is 738 g/mol. The quantitative estimate of drug-likeness (QED) is 0.0484. The molecule has 13 N–H and O–H groups in total. The number of hydrogen-bond acceptors (Lipinski definition) is 12. The third-order valence-electron chi connectivity index (χ3n) is 7.41. The zero-order chi connectivity index (χ0) is 37.9. The number of carbonyl (C=O) groups is 7. The zero-order valence-corrected chi connectivity index (χ0v) is 28.6. The number of carboxylic acid groups (broad SMARTS) is 1. The van der Waals surface area contributed by atoms with Crippen LogP contribution in [0.3, 0.4) is 0 Å². The molecule has 0 radical (unpaired) electrons. The van der Waals surface area contributed by atoms with Gasteiger partial charge < -0.3 is 57.5 Å². The number of aldehydes is 1. The third kappa shape index (κ3) is 14.8. The molecule has 19 nitrogen and oxygen atoms in total. The van der Waals surface area contributed by atoms with Crippen molar-refractivity contribution in [3.05, 3.63) is 48.0 Å². The number of amides is 5. The number of phenolic OH excluding ortho intramolecular Hbond substituents is 1. The summed E-state index contributed by atoms with van der Waals surface area (Å²) in [5.41, 5.74) is 6.66. The van der Waals surface area contributed by atoms with Gasteiger partial charge in [0.2, 0.25) is 35.9 Å². The largest absolute Gasteiger partial charge is 0.508 e. The summed E-state index contributed by atoms with van der Waals surface area (Å²) in [6.07, 6.45) is 4.42. The Hall–Kier alpha value is -5.05. The Bertz CT molecular complexity index is 1460. The molecule has 0 saturated heterocycles. The minimum absolute atomic E-state index is 0.0248. The number of phenols is 1. The number of aliphatic hydroxyl groups excluding tert-OH is 2. The lowest BCUT2D eigenvalue weighted by Crippen LogP contribution is -2.60. The first kappa shape index (κ1) is 42.1. The third-order valence-corrected chi connectivity index (χ3v) is 8.06. The van der Waals surface area contributed by atoms with Crippen LogP contribution in [0.1, 0.15) is 30.5 Å². The van der Waals surface area contributed by atoms with E-state index in [2.05, 4.69) is 36.6 Å². The highest BCUT2D eigenvalue weighted by molar-refractivity contribution is 7.98. The Balaban J connectivity index is 2.20. The predicted molar refractivity (Wildman–Crippen MR) is 181 cm³/mol. The molecule has 0 fully saturated rings. The van der Waals surface area contributed by atoms with Gasteiger partial charge in [0.05, 0.1) is 19.3 Å². The number of aromatic nitrogens is 2. The van der Waals surface area contributed by atoms with Crippen molar-refractivity contribution in [2.45, 2.75) is 68.4 Å². The fourth-order valence-corrected chi connectivity index (χ4v) is 5.05. The maximum atomic E-state index is 13.4. The number of carbonyl (C=O) groups excluding carboxylic acids is 6. The van der Waals surface area contributed by atoms with Crippen molar-refractivity contribution >= 4 is 53.6 Å². The van der Waals surface area contributed by atoms with Gasteiger partial charge in [-0.1, -0.05) is 12.1 Å². The topological polar surface area (TPSA) is 317 Å². The number of imidazole rings is 1. The van der Waals surface area contributed by atoms with Gasteiger partial charge in [-0.05, 0) is 42.5 Å². The molecule has 2 aromatic rings. The van der Waals surface area contributed by atoms with Crippen LogP contribution in [0.2, 0.25) is 0 Å². The SMILES string of the molecule is CSCC[C@H](NC(=O)[C@H](CO)NC(=O)[C@H](Cc1ccc(O)cc1)NC(=O)[C@@H](N)CO)C(=O)N[C@@H](CCC(=O)O)C(=O)N[C@H](C=O)Cc1c[nH+]c[nH]1. The van der Waals surface area contributed by atoms with Gasteiger partial charge in [0, 0.05) is 19.3 Å². The van der Waals surface area contributed by atoms with Gasteiger partial charge in [-0.2, -0.15) is 11.8 Å². The summed E-state index contributed by atoms with van der Waals surface area (Å²) in [5.74, 6) is -5.46. The normalized spacial score (nSPS) is 14.4. The molecule has 6 atom stereocenters. The van der Waals surface area contributed by atoms with Crippen molar-refractivity contribution in [3.63, 3.8) is 0 Å². The van der Waals surface area contributed by atoms with Crippen LogP contribution in [0.5, 0.6) is 5.75 Å². The van der Waals surface area contributed by atoms with E-state index in [1.807, 2.05) is 0 Å². The number of aliphatic carboxylic acids is 1. The Morgan fingerprint density at radius 3 is 1.94 bits per heavy atom. The molecule has 0 spiro atoms. The summed E-state index contributed by atoms with van der Waals surface area (Å²) in [5, 5.41) is 50.2. The number of aliphatic hydroxyl groups is 2. The summed E-state index contributed by atoms with van der Waals surface area (Å²) in [4.78, 5) is 94.3. The van der Waals surface area contributed by atoms with Gasteiger partial charge in [-0.15, -0.1) is 0 Å². The summed E-state index contributed by atoms with van der Waals surface area (Å²) in [7, 11) is 0. The van der Waals surface area contributed by atoms with Crippen molar-refractivity contribution in [2.24, 2.45) is 5.73 Å². The van der Waals surface area contributed by atoms with Gasteiger partial charge in [0.25, 0.3) is 0 Å². The molecule has 0 unspecified atom stereocenters. The Morgan fingerprint density at radius 1 is 0.824 bits per heavy atom. The minimum Gasteiger partial charge on any atom is -0.508 e. The molecule has 1 aromatic carbocycles. The van der Waals surface area contributed by atoms with E-state index in [4.69, 9.17) is 5.73 Å². The van der Waals surface area contributed by atoms with Gasteiger partial charge in [-0.25, -0.2) is 4.98 Å². The first-order valence-electron chi connectivity index (χ1n) is 15.8. The van der Waals surface area contributed by atoms with E-state index in [0.717, 1.165) is 0 Å². The standard InChI is InChI=1S/C31H44N8O11S/c1-51-9-8-23(29(48)36-22(6-7-26(44)45)28(47)35-19(13-40)11-18-12-33-16-34-18)37-31(50)25(15-42)39-30(49)24(38-27(46)21(32)14-41)10-17-2-4-20(43)5-3-17/h2-5,12-13,16,19,21-25,41-43H,6-11,14-15,32H2,1H3,(H,33,34)(H,35,47)(H,36,48)(H,37,50)(H,38,46)(H,39,49)(H,44,45)/p+1/t19-,21-,22-,23-,24-,25-/m0/s1. The minimum atomic E-state index is -1.63. The van der Waals surface area contributed by atoms with E-state index in [-0.39, 0.29) is 31.4 Å². The van der Waals surface area contributed by atoms with E-state index >= 15 is 0 Å². The van der Waals surface area contributed by atoms with Crippen LogP contribution >= 0.6 is 11.8 Å². The van der Waals surface area contributed by atoms with Crippen molar-refractivity contribution in [1.29, 1.82) is 0 Å². The number of H-pyrrole nitrogens is 2. The van der Waals surface area contributed by atoms with Crippen molar-refractivity contribution in [1.82, 2.24) is 31.6 Å². The maximum absolute atomic E-state index is 13.4. The lowest BCUT2D eigenvalue weighted by Gasteiger charge is -2.26. The van der Waals surface area contributed by atoms with Crippen molar-refractivity contribution < 1.29 is 59.0 Å². The van der Waals surface area contributed by atoms with Crippen LogP contribution < -0.4 is 37.3 Å². The predicted octanol–water partition coefficient (Wildman–Crippen LogP) is -4.13. The lowest BCUT2D eigenvalue weighted by atomic mass is 10.0. The molecule has 1 heterocycles. The molecule has 51 heavy (non-hydrogen) atoms. The van der Waals surface area contributed by atoms with Crippen molar-refractivity contribution in [2.75, 3.05) is 25.2 Å². The van der Waals surface area contributed by atoms with Gasteiger partial charge in [0.1, 0.15) is 54.1 Å². The summed E-state index contributed by atoms with van der Waals surface area (Å²) < 4.78 is 0. The number of nitrogens with two attached hydrogens (primary N) is 1. The van der Waals surface area contributed by atoms with Gasteiger partial charge in [-0.3, -0.25) is 33.8 Å². The monoisotopic (exact) mass is 737 g/mol. The molecule has 1 aromatic heterocycles. The second-order valence-corrected chi connectivity index (χ2v) is 12.4. The van der Waals surface area contributed by atoms with E-state index in [9.17, 15) is 54.0 Å². The molecule has 5 amide bonds. The number of aromatic amines is 2. The Kier molecular flexibility index (Phi) is 18.1. The number of carboxylic acids is 1. The van der Waals surface area contributed by atoms with Crippen LogP contribution in [-0.2, 0) is 46.4 Å². The molecule has 0 aliphatic rings. The van der Waals surface area contributed by atoms with E-state index < -0.39 is 91.4 Å². The highest BCUT2D eigenvalue weighted by Gasteiger charge is 2.32. The van der Waals surface area contributed by atoms with Crippen molar-refractivity contribution in [3.8, 4) is 5.75 Å². The van der Waals surface area contributed by atoms with E-state index in [1.165, 1.54) is 42.4 Å². The van der Waals surface area contributed by atoms with Crippen LogP contribution in [-0.4, -0.2) is 129 Å². The number of nitrogens with one attached hydrogen (secondary N) is 7. The number of benzene rings is 1. The van der Waals surface area contributed by atoms with Crippen LogP contribution in [0.25, 0.3) is 0 Å². The fraction of sp³-hybridized carbons (Fsp3) is 0.484. The first-order chi connectivity index (χ1) is 24.3. The summed E-state index contributed by atoms with van der Waals surface area (Å²) in [6, 6.07) is -2.40. The molecule has 0 aliphatic heterocycles. The second-order valence-electron chi connectivity index (χ2n) is 11.4. The van der Waals surface area contributed by atoms with E-state index in [1.54, 1.807) is 12.5 Å². The van der Waals surface area contributed by atoms with E-state index in [0.29, 0.717) is 23.3 Å². The molecular weight excluding hydrogens is 692 g/mol. The highest BCUT2D eigenvalue weighted by Crippen LogP contribution is 2.12. The molecule has 20 heteroatoms. The highest BCUT2D eigenvalue weighted by atomic mass is 32.2. The number of rotatable bonds is 23. The summed E-state index contributed by atoms with van der Waals surface area (Å²) in [6.45, 7) is -1.65. The van der Waals surface area contributed by atoms with Gasteiger partial charge in [0.15, 0.2) is 0 Å². The second kappa shape index (κ2) is 21.9. The maximum Gasteiger partial charge on any atom is 0.303 e. The smallest absolute Gasteiger partial charge is 0.303 e. The number of hydrogen-bond donors (Lipinski definition) is 11. The number of thioether (sulfide) groups is 1. The summed E-state index contributed by atoms with van der Waals surface area (Å²) >= 11 is 1.33. The number of aromatic hydroxyl groups is 1. The molecule has 280 valence electrons. The average Bonchev–Trinajstić information content (AvgIpc) is 3.63. The Labute approximate surface area is 296 Å². The van der Waals surface area contributed by atoms with Gasteiger partial charge >= 0.3 is 5.97 Å².